The largest absolute Gasteiger partial charge is 0.468 e. The van der Waals surface area contributed by atoms with Gasteiger partial charge in [0.2, 0.25) is 11.8 Å². The van der Waals surface area contributed by atoms with Gasteiger partial charge in [-0.25, -0.2) is 4.79 Å². The number of fused-ring (bicyclic) bond motifs is 3. The Kier molecular flexibility index (Phi) is 8.46. The van der Waals surface area contributed by atoms with Gasteiger partial charge in [-0.05, 0) is 35.1 Å². The van der Waals surface area contributed by atoms with Crippen LogP contribution < -0.4 is 16.0 Å². The van der Waals surface area contributed by atoms with Crippen molar-refractivity contribution >= 4 is 23.9 Å². The molecule has 1 aliphatic rings. The Morgan fingerprint density at radius 2 is 1.43 bits per heavy atom. The van der Waals surface area contributed by atoms with Crippen molar-refractivity contribution in [3.05, 3.63) is 59.7 Å². The van der Waals surface area contributed by atoms with E-state index in [2.05, 4.69) is 32.8 Å². The molecule has 0 saturated heterocycles. The molecule has 9 nitrogen and oxygen atoms in total. The van der Waals surface area contributed by atoms with Crippen LogP contribution in [0.5, 0.6) is 0 Å². The molecule has 3 amide bonds. The number of amides is 3. The van der Waals surface area contributed by atoms with Crippen molar-refractivity contribution in [1.82, 2.24) is 16.0 Å². The summed E-state index contributed by atoms with van der Waals surface area (Å²) in [7, 11) is 1.21. The van der Waals surface area contributed by atoms with Crippen molar-refractivity contribution < 1.29 is 28.7 Å². The second kappa shape index (κ2) is 11.5. The summed E-state index contributed by atoms with van der Waals surface area (Å²) in [6.45, 7) is 4.85. The number of hydrogen-bond donors (Lipinski definition) is 3. The lowest BCUT2D eigenvalue weighted by molar-refractivity contribution is -0.141. The molecule has 0 radical (unpaired) electrons. The van der Waals surface area contributed by atoms with Gasteiger partial charge in [-0.3, -0.25) is 14.4 Å². The monoisotopic (exact) mass is 481 g/mol. The first-order valence-corrected chi connectivity index (χ1v) is 11.5. The molecule has 0 bridgehead atoms. The van der Waals surface area contributed by atoms with Gasteiger partial charge in [0.1, 0.15) is 25.2 Å². The van der Waals surface area contributed by atoms with E-state index < -0.39 is 36.0 Å². The molecule has 2 aromatic carbocycles. The van der Waals surface area contributed by atoms with Crippen LogP contribution in [0.1, 0.15) is 37.8 Å². The third-order valence-corrected chi connectivity index (χ3v) is 5.95. The van der Waals surface area contributed by atoms with Crippen molar-refractivity contribution in [2.75, 3.05) is 20.3 Å². The molecule has 0 spiro atoms. The van der Waals surface area contributed by atoms with Crippen LogP contribution in [0.3, 0.4) is 0 Å². The number of alkyl carbamates (subject to hydrolysis) is 1. The maximum atomic E-state index is 12.8. The van der Waals surface area contributed by atoms with Crippen LogP contribution in [0.15, 0.2) is 48.5 Å². The minimum absolute atomic E-state index is 0.0991. The van der Waals surface area contributed by atoms with E-state index in [4.69, 9.17) is 4.74 Å². The molecular weight excluding hydrogens is 450 g/mol. The highest BCUT2D eigenvalue weighted by Crippen LogP contribution is 2.44. The summed E-state index contributed by atoms with van der Waals surface area (Å²) >= 11 is 0. The van der Waals surface area contributed by atoms with Gasteiger partial charge in [-0.2, -0.15) is 0 Å². The van der Waals surface area contributed by atoms with Crippen LogP contribution in [-0.4, -0.2) is 56.2 Å². The molecule has 3 rings (SSSR count). The molecule has 0 unspecified atom stereocenters. The lowest BCUT2D eigenvalue weighted by atomic mass is 9.98. The summed E-state index contributed by atoms with van der Waals surface area (Å²) in [5, 5.41) is 7.55. The fourth-order valence-electron chi connectivity index (χ4n) is 4.06. The van der Waals surface area contributed by atoms with E-state index in [1.807, 2.05) is 36.4 Å². The summed E-state index contributed by atoms with van der Waals surface area (Å²) in [5.41, 5.74) is 4.42. The summed E-state index contributed by atoms with van der Waals surface area (Å²) < 4.78 is 10.0. The summed E-state index contributed by atoms with van der Waals surface area (Å²) in [6, 6.07) is 14.2. The van der Waals surface area contributed by atoms with Crippen molar-refractivity contribution in [2.45, 2.75) is 38.8 Å². The van der Waals surface area contributed by atoms with Gasteiger partial charge < -0.3 is 25.4 Å². The molecule has 0 heterocycles. The Bertz CT molecular complexity index is 1050. The molecule has 2 atom stereocenters. The molecule has 2 aromatic rings. The van der Waals surface area contributed by atoms with E-state index in [0.29, 0.717) is 0 Å². The molecule has 1 aliphatic carbocycles. The molecule has 35 heavy (non-hydrogen) atoms. The normalized spacial score (nSPS) is 13.7. The molecule has 9 heteroatoms. The zero-order valence-corrected chi connectivity index (χ0v) is 20.3. The van der Waals surface area contributed by atoms with E-state index in [1.54, 1.807) is 13.8 Å². The molecule has 0 fully saturated rings. The minimum Gasteiger partial charge on any atom is -0.468 e. The van der Waals surface area contributed by atoms with E-state index in [9.17, 15) is 19.2 Å². The minimum atomic E-state index is -0.919. The molecular formula is C26H31N3O6. The van der Waals surface area contributed by atoms with Gasteiger partial charge in [-0.1, -0.05) is 62.4 Å². The van der Waals surface area contributed by atoms with Crippen LogP contribution in [0.4, 0.5) is 4.79 Å². The number of carbonyl (C=O) groups excluding carboxylic acids is 4. The number of rotatable bonds is 9. The summed E-state index contributed by atoms with van der Waals surface area (Å²) in [5.74, 6) is -2.05. The van der Waals surface area contributed by atoms with Crippen LogP contribution in [0, 0.1) is 5.92 Å². The number of benzene rings is 2. The molecule has 186 valence electrons. The van der Waals surface area contributed by atoms with E-state index in [1.165, 1.54) is 14.0 Å². The number of nitrogens with one attached hydrogen (secondary N) is 3. The Labute approximate surface area is 204 Å². The van der Waals surface area contributed by atoms with Crippen LogP contribution in [-0.2, 0) is 23.9 Å². The van der Waals surface area contributed by atoms with Crippen molar-refractivity contribution in [1.29, 1.82) is 0 Å². The summed E-state index contributed by atoms with van der Waals surface area (Å²) in [4.78, 5) is 48.7. The highest BCUT2D eigenvalue weighted by atomic mass is 16.5. The lowest BCUT2D eigenvalue weighted by Crippen LogP contribution is -2.55. The van der Waals surface area contributed by atoms with Crippen LogP contribution in [0.2, 0.25) is 0 Å². The molecule has 3 N–H and O–H groups in total. The van der Waals surface area contributed by atoms with Gasteiger partial charge in [0.05, 0.1) is 7.11 Å². The van der Waals surface area contributed by atoms with Gasteiger partial charge in [0.15, 0.2) is 0 Å². The van der Waals surface area contributed by atoms with Gasteiger partial charge in [0, 0.05) is 5.92 Å². The van der Waals surface area contributed by atoms with Crippen molar-refractivity contribution in [3.63, 3.8) is 0 Å². The molecule has 0 saturated carbocycles. The first-order valence-electron chi connectivity index (χ1n) is 11.5. The predicted molar refractivity (Wildman–Crippen MR) is 129 cm³/mol. The maximum Gasteiger partial charge on any atom is 0.407 e. The Morgan fingerprint density at radius 3 is 1.97 bits per heavy atom. The summed E-state index contributed by atoms with van der Waals surface area (Å²) in [6.07, 6.45) is -0.719. The van der Waals surface area contributed by atoms with Gasteiger partial charge >= 0.3 is 12.1 Å². The van der Waals surface area contributed by atoms with Gasteiger partial charge in [0.25, 0.3) is 0 Å². The first-order chi connectivity index (χ1) is 16.7. The molecule has 0 aliphatic heterocycles. The zero-order valence-electron chi connectivity index (χ0n) is 20.3. The number of carbonyl (C=O) groups is 4. The number of methoxy groups -OCH3 is 1. The third kappa shape index (κ3) is 6.17. The molecule has 0 aromatic heterocycles. The van der Waals surface area contributed by atoms with Crippen molar-refractivity contribution in [3.8, 4) is 11.1 Å². The lowest BCUT2D eigenvalue weighted by Gasteiger charge is -2.24. The maximum absolute atomic E-state index is 12.8. The van der Waals surface area contributed by atoms with E-state index in [0.717, 1.165) is 22.3 Å². The zero-order chi connectivity index (χ0) is 25.5. The SMILES string of the molecule is COC(=O)CNC(=O)[C@H](C)NC(=O)[C@@H](NC(=O)OCC1c2ccccc2-c2ccccc21)C(C)C. The second-order valence-corrected chi connectivity index (χ2v) is 8.72. The standard InChI is InChI=1S/C26H31N3O6/c1-15(2)23(25(32)28-16(3)24(31)27-13-22(30)34-4)29-26(33)35-14-21-19-11-7-5-9-17(19)18-10-6-8-12-20(18)21/h5-12,15-16,21,23H,13-14H2,1-4H3,(H,27,31)(H,28,32)(H,29,33)/t16-,23-/m0/s1. The first kappa shape index (κ1) is 25.7. The Hall–Kier alpha value is -3.88. The topological polar surface area (TPSA) is 123 Å². The van der Waals surface area contributed by atoms with E-state index >= 15 is 0 Å². The predicted octanol–water partition coefficient (Wildman–Crippen LogP) is 2.34. The van der Waals surface area contributed by atoms with Crippen molar-refractivity contribution in [2.24, 2.45) is 5.92 Å². The Balaban J connectivity index is 1.58. The van der Waals surface area contributed by atoms with Crippen LogP contribution >= 0.6 is 0 Å². The number of ether oxygens (including phenoxy) is 2. The Morgan fingerprint density at radius 1 is 0.857 bits per heavy atom. The van der Waals surface area contributed by atoms with Gasteiger partial charge in [-0.15, -0.1) is 0 Å². The van der Waals surface area contributed by atoms with E-state index in [-0.39, 0.29) is 25.0 Å². The number of esters is 1. The van der Waals surface area contributed by atoms with Crippen LogP contribution in [0.25, 0.3) is 11.1 Å². The highest BCUT2D eigenvalue weighted by molar-refractivity contribution is 5.92. The highest BCUT2D eigenvalue weighted by Gasteiger charge is 2.31. The fraction of sp³-hybridized carbons (Fsp3) is 0.385. The fourth-order valence-corrected chi connectivity index (χ4v) is 4.06. The third-order valence-electron chi connectivity index (χ3n) is 5.95. The number of hydrogen-bond acceptors (Lipinski definition) is 6. The second-order valence-electron chi connectivity index (χ2n) is 8.72. The average Bonchev–Trinajstić information content (AvgIpc) is 3.17. The quantitative estimate of drug-likeness (QED) is 0.473. The average molecular weight is 482 g/mol. The smallest absolute Gasteiger partial charge is 0.407 e.